The number of aromatic nitrogens is 2. The lowest BCUT2D eigenvalue weighted by Crippen LogP contribution is -2.57. The number of piperazine rings is 1. The number of nitriles is 1. The average Bonchev–Trinajstić information content (AvgIpc) is 3.68. The number of fused-ring (bicyclic) bond motifs is 2. The highest BCUT2D eigenvalue weighted by molar-refractivity contribution is 7.89. The van der Waals surface area contributed by atoms with Crippen molar-refractivity contribution in [3.8, 4) is 6.07 Å². The molecule has 15 heteroatoms. The number of carbonyl (C=O) groups excluding carboxylic acids is 3. The fraction of sp³-hybridized carbons (Fsp3) is 0.444. The van der Waals surface area contributed by atoms with Crippen LogP contribution < -0.4 is 5.32 Å². The number of benzene rings is 1. The third-order valence-electron chi connectivity index (χ3n) is 8.15. The number of imide groups is 1. The van der Waals surface area contributed by atoms with Crippen LogP contribution in [-0.2, 0) is 26.2 Å². The zero-order valence-electron chi connectivity index (χ0n) is 22.7. The number of hydrogen-bond acceptors (Lipinski definition) is 9. The lowest BCUT2D eigenvalue weighted by Gasteiger charge is -2.40. The molecule has 0 aliphatic carbocycles. The normalized spacial score (nSPS) is 23.4. The lowest BCUT2D eigenvalue weighted by atomic mass is 9.95. The van der Waals surface area contributed by atoms with Gasteiger partial charge in [0, 0.05) is 78.5 Å². The maximum atomic E-state index is 13.8. The second kappa shape index (κ2) is 11.1. The van der Waals surface area contributed by atoms with Crippen LogP contribution in [-0.4, -0.2) is 88.5 Å². The summed E-state index contributed by atoms with van der Waals surface area (Å²) in [4.78, 5) is 49.5. The minimum Gasteiger partial charge on any atom is -0.345 e. The molecule has 2 fully saturated rings. The largest absolute Gasteiger partial charge is 0.345 e. The van der Waals surface area contributed by atoms with Crippen LogP contribution in [0.1, 0.15) is 52.5 Å². The molecular weight excluding hydrogens is 602 g/mol. The van der Waals surface area contributed by atoms with E-state index in [0.29, 0.717) is 28.2 Å². The van der Waals surface area contributed by atoms with E-state index in [1.165, 1.54) is 26.6 Å². The molecule has 220 valence electrons. The summed E-state index contributed by atoms with van der Waals surface area (Å²) in [6.07, 6.45) is 0.504. The Labute approximate surface area is 251 Å². The Morgan fingerprint density at radius 3 is 2.71 bits per heavy atom. The Morgan fingerprint density at radius 1 is 1.21 bits per heavy atom. The number of H-pyrrole nitrogens is 1. The molecule has 2 aromatic heterocycles. The van der Waals surface area contributed by atoms with Gasteiger partial charge in [-0.1, -0.05) is 11.6 Å². The molecule has 2 N–H and O–H groups in total. The van der Waals surface area contributed by atoms with Gasteiger partial charge < -0.3 is 15.2 Å². The summed E-state index contributed by atoms with van der Waals surface area (Å²) in [7, 11) is -3.97. The van der Waals surface area contributed by atoms with Crippen molar-refractivity contribution in [1.29, 1.82) is 5.26 Å². The molecular formula is C27H28ClN7O5S2. The summed E-state index contributed by atoms with van der Waals surface area (Å²) in [5.41, 5.74) is 1.23. The number of nitrogens with one attached hydrogen (secondary N) is 2. The molecule has 0 spiro atoms. The van der Waals surface area contributed by atoms with Crippen molar-refractivity contribution in [2.24, 2.45) is 0 Å². The minimum absolute atomic E-state index is 0.0138. The van der Waals surface area contributed by atoms with E-state index >= 15 is 0 Å². The Hall–Kier alpha value is -3.35. The van der Waals surface area contributed by atoms with Crippen LogP contribution in [0.2, 0.25) is 5.02 Å². The van der Waals surface area contributed by atoms with Gasteiger partial charge in [0.15, 0.2) is 5.01 Å². The van der Waals surface area contributed by atoms with Gasteiger partial charge in [-0.25, -0.2) is 13.4 Å². The lowest BCUT2D eigenvalue weighted by molar-refractivity contribution is -0.138. The predicted molar refractivity (Wildman–Crippen MR) is 154 cm³/mol. The number of carbonyl (C=O) groups is 3. The fourth-order valence-electron chi connectivity index (χ4n) is 5.79. The highest BCUT2D eigenvalue weighted by Crippen LogP contribution is 2.33. The van der Waals surface area contributed by atoms with E-state index < -0.39 is 22.0 Å². The summed E-state index contributed by atoms with van der Waals surface area (Å²) in [5.74, 6) is -1.39. The number of amides is 3. The first kappa shape index (κ1) is 28.8. The standard InChI is InChI=1S/C27H28ClN7O5S2/c1-15-19(12-29)25-21(13-30-15)41-26(32-25)27(38)34-9-8-33(14-18(34)6-7-35-23(36)4-5-24(35)37)42(39,40)22-11-16-10-17(28)2-3-20(16)31-22/h2-3,10-11,15,18-19,30-31H,4-9,13-14H2,1H3. The van der Waals surface area contributed by atoms with Crippen molar-refractivity contribution in [2.45, 2.75) is 55.8 Å². The monoisotopic (exact) mass is 629 g/mol. The number of aromatic amines is 1. The van der Waals surface area contributed by atoms with Crippen LogP contribution >= 0.6 is 22.9 Å². The molecule has 6 rings (SSSR count). The van der Waals surface area contributed by atoms with Crippen LogP contribution in [0.5, 0.6) is 0 Å². The third kappa shape index (κ3) is 5.09. The smallest absolute Gasteiger partial charge is 0.283 e. The average molecular weight is 630 g/mol. The van der Waals surface area contributed by atoms with Gasteiger partial charge in [0.25, 0.3) is 15.9 Å². The number of likely N-dealkylation sites (tertiary alicyclic amines) is 1. The van der Waals surface area contributed by atoms with Gasteiger partial charge in [-0.2, -0.15) is 9.57 Å². The van der Waals surface area contributed by atoms with Crippen molar-refractivity contribution >= 4 is 61.6 Å². The Bertz CT molecular complexity index is 1730. The molecule has 0 bridgehead atoms. The van der Waals surface area contributed by atoms with Gasteiger partial charge in [0.05, 0.1) is 11.8 Å². The van der Waals surface area contributed by atoms with Crippen molar-refractivity contribution in [3.05, 3.63) is 44.9 Å². The highest BCUT2D eigenvalue weighted by atomic mass is 35.5. The molecule has 3 atom stereocenters. The van der Waals surface area contributed by atoms with Crippen molar-refractivity contribution in [3.63, 3.8) is 0 Å². The summed E-state index contributed by atoms with van der Waals surface area (Å²) < 4.78 is 28.8. The summed E-state index contributed by atoms with van der Waals surface area (Å²) in [6, 6.07) is 8.13. The number of halogens is 1. The van der Waals surface area contributed by atoms with Gasteiger partial charge in [-0.3, -0.25) is 19.3 Å². The Kier molecular flexibility index (Phi) is 7.57. The Balaban J connectivity index is 1.28. The summed E-state index contributed by atoms with van der Waals surface area (Å²) in [6.45, 7) is 2.60. The Morgan fingerprint density at radius 2 is 1.98 bits per heavy atom. The van der Waals surface area contributed by atoms with Gasteiger partial charge in [0.2, 0.25) is 11.8 Å². The van der Waals surface area contributed by atoms with Gasteiger partial charge >= 0.3 is 0 Å². The molecule has 0 saturated carbocycles. The summed E-state index contributed by atoms with van der Waals surface area (Å²) in [5, 5.41) is 14.3. The first-order chi connectivity index (χ1) is 20.1. The number of nitrogens with zero attached hydrogens (tertiary/aromatic N) is 5. The topological polar surface area (TPSA) is 160 Å². The van der Waals surface area contributed by atoms with E-state index in [1.807, 2.05) is 6.92 Å². The second-order valence-corrected chi connectivity index (χ2v) is 14.1. The molecule has 12 nitrogen and oxygen atoms in total. The highest BCUT2D eigenvalue weighted by Gasteiger charge is 2.40. The summed E-state index contributed by atoms with van der Waals surface area (Å²) >= 11 is 7.31. The maximum absolute atomic E-state index is 13.8. The second-order valence-electron chi connectivity index (χ2n) is 10.7. The molecule has 3 amide bonds. The number of rotatable bonds is 6. The van der Waals surface area contributed by atoms with Gasteiger partial charge in [0.1, 0.15) is 10.9 Å². The molecule has 2 saturated heterocycles. The van der Waals surface area contributed by atoms with Crippen LogP contribution in [0.25, 0.3) is 10.9 Å². The third-order valence-corrected chi connectivity index (χ3v) is 11.2. The number of hydrogen-bond donors (Lipinski definition) is 2. The number of sulfonamides is 1. The van der Waals surface area contributed by atoms with Crippen molar-refractivity contribution < 1.29 is 22.8 Å². The minimum atomic E-state index is -3.97. The van der Waals surface area contributed by atoms with E-state index in [0.717, 1.165) is 4.88 Å². The fourth-order valence-corrected chi connectivity index (χ4v) is 8.47. The van der Waals surface area contributed by atoms with Gasteiger partial charge in [-0.05, 0) is 37.6 Å². The van der Waals surface area contributed by atoms with E-state index in [9.17, 15) is 28.1 Å². The van der Waals surface area contributed by atoms with Crippen molar-refractivity contribution in [2.75, 3.05) is 26.2 Å². The van der Waals surface area contributed by atoms with E-state index in [-0.39, 0.29) is 79.2 Å². The molecule has 3 aliphatic heterocycles. The molecule has 5 heterocycles. The van der Waals surface area contributed by atoms with E-state index in [4.69, 9.17) is 11.6 Å². The molecule has 3 unspecified atom stereocenters. The molecule has 3 aliphatic rings. The molecule has 0 radical (unpaired) electrons. The first-order valence-corrected chi connectivity index (χ1v) is 16.3. The van der Waals surface area contributed by atoms with Crippen molar-refractivity contribution in [1.82, 2.24) is 29.4 Å². The zero-order valence-corrected chi connectivity index (χ0v) is 25.1. The maximum Gasteiger partial charge on any atom is 0.283 e. The quantitative estimate of drug-likeness (QED) is 0.393. The van der Waals surface area contributed by atoms with Crippen LogP contribution in [0.3, 0.4) is 0 Å². The predicted octanol–water partition coefficient (Wildman–Crippen LogP) is 2.43. The van der Waals surface area contributed by atoms with Crippen LogP contribution in [0.4, 0.5) is 0 Å². The molecule has 3 aromatic rings. The molecule has 1 aromatic carbocycles. The first-order valence-electron chi connectivity index (χ1n) is 13.6. The molecule has 42 heavy (non-hydrogen) atoms. The van der Waals surface area contributed by atoms with Gasteiger partial charge in [-0.15, -0.1) is 11.3 Å². The van der Waals surface area contributed by atoms with E-state index in [1.54, 1.807) is 23.1 Å². The van der Waals surface area contributed by atoms with Crippen LogP contribution in [0.15, 0.2) is 29.3 Å². The van der Waals surface area contributed by atoms with E-state index in [2.05, 4.69) is 21.4 Å². The zero-order chi connectivity index (χ0) is 29.8. The SMILES string of the molecule is CC1NCc2sc(C(=O)N3CCN(S(=O)(=O)c4cc5cc(Cl)ccc5[nH]4)CC3CCN3C(=O)CCC3=O)nc2C1C#N. The number of thiazole rings is 1. The van der Waals surface area contributed by atoms with Crippen LogP contribution in [0, 0.1) is 11.3 Å².